The molecule has 0 aliphatic heterocycles. The maximum atomic E-state index is 12.6. The van der Waals surface area contributed by atoms with E-state index < -0.39 is 17.8 Å². The maximum absolute atomic E-state index is 12.6. The van der Waals surface area contributed by atoms with Crippen molar-refractivity contribution in [2.75, 3.05) is 6.54 Å². The van der Waals surface area contributed by atoms with Gasteiger partial charge in [-0.05, 0) is 12.1 Å². The Balaban J connectivity index is 1.83. The summed E-state index contributed by atoms with van der Waals surface area (Å²) in [6, 6.07) is 4.63. The smallest absolute Gasteiger partial charge is 0.354 e. The zero-order valence-corrected chi connectivity index (χ0v) is 8.99. The van der Waals surface area contributed by atoms with Gasteiger partial charge in [-0.15, -0.1) is 0 Å². The Kier molecular flexibility index (Phi) is 3.06. The summed E-state index contributed by atoms with van der Waals surface area (Å²) in [4.78, 5) is 14.5. The number of rotatable bonds is 5. The number of alkyl halides is 2. The summed E-state index contributed by atoms with van der Waals surface area (Å²) in [5.41, 5.74) is 0.495. The summed E-state index contributed by atoms with van der Waals surface area (Å²) < 4.78 is 25.1. The SMILES string of the molecule is O=C(O)c1cccc(CNCC2CC2(F)F)n1. The average Bonchev–Trinajstić information content (AvgIpc) is 2.87. The molecular formula is C11H12F2N2O2. The van der Waals surface area contributed by atoms with E-state index in [2.05, 4.69) is 10.3 Å². The van der Waals surface area contributed by atoms with Crippen LogP contribution in [0, 0.1) is 5.92 Å². The minimum Gasteiger partial charge on any atom is -0.477 e. The van der Waals surface area contributed by atoms with Crippen LogP contribution in [-0.2, 0) is 6.54 Å². The topological polar surface area (TPSA) is 62.2 Å². The number of aromatic carboxylic acids is 1. The highest BCUT2D eigenvalue weighted by molar-refractivity contribution is 5.85. The second kappa shape index (κ2) is 4.37. The molecule has 0 radical (unpaired) electrons. The molecule has 2 rings (SSSR count). The van der Waals surface area contributed by atoms with Crippen molar-refractivity contribution in [1.82, 2.24) is 10.3 Å². The molecule has 2 N–H and O–H groups in total. The molecule has 1 aromatic rings. The molecule has 1 saturated carbocycles. The second-order valence-electron chi connectivity index (χ2n) is 4.11. The first-order valence-corrected chi connectivity index (χ1v) is 5.27. The van der Waals surface area contributed by atoms with Gasteiger partial charge in [-0.25, -0.2) is 18.6 Å². The molecule has 0 saturated heterocycles. The van der Waals surface area contributed by atoms with Crippen molar-refractivity contribution in [3.8, 4) is 0 Å². The number of nitrogens with one attached hydrogen (secondary N) is 1. The van der Waals surface area contributed by atoms with Crippen LogP contribution in [-0.4, -0.2) is 28.5 Å². The molecule has 1 aromatic heterocycles. The Morgan fingerprint density at radius 1 is 1.59 bits per heavy atom. The van der Waals surface area contributed by atoms with Gasteiger partial charge in [0.1, 0.15) is 5.69 Å². The van der Waals surface area contributed by atoms with Crippen molar-refractivity contribution in [3.63, 3.8) is 0 Å². The fraction of sp³-hybridized carbons (Fsp3) is 0.455. The lowest BCUT2D eigenvalue weighted by molar-refractivity contribution is 0.0690. The summed E-state index contributed by atoms with van der Waals surface area (Å²) in [5, 5.41) is 11.6. The molecule has 0 amide bonds. The van der Waals surface area contributed by atoms with E-state index in [0.717, 1.165) is 0 Å². The van der Waals surface area contributed by atoms with Crippen LogP contribution < -0.4 is 5.32 Å². The highest BCUT2D eigenvalue weighted by atomic mass is 19.3. The Bertz CT molecular complexity index is 437. The summed E-state index contributed by atoms with van der Waals surface area (Å²) in [6.45, 7) is 0.527. The van der Waals surface area contributed by atoms with Gasteiger partial charge in [-0.2, -0.15) is 0 Å². The zero-order valence-electron chi connectivity index (χ0n) is 8.99. The summed E-state index contributed by atoms with van der Waals surface area (Å²) in [5.74, 6) is -4.21. The Morgan fingerprint density at radius 2 is 2.29 bits per heavy atom. The third-order valence-corrected chi connectivity index (χ3v) is 2.68. The van der Waals surface area contributed by atoms with Crippen molar-refractivity contribution in [3.05, 3.63) is 29.6 Å². The van der Waals surface area contributed by atoms with Crippen LogP contribution in [0.3, 0.4) is 0 Å². The van der Waals surface area contributed by atoms with Gasteiger partial charge in [0, 0.05) is 25.4 Å². The number of hydrogen-bond acceptors (Lipinski definition) is 3. The summed E-state index contributed by atoms with van der Waals surface area (Å²) in [7, 11) is 0. The third kappa shape index (κ3) is 2.97. The molecule has 6 heteroatoms. The predicted octanol–water partition coefficient (Wildman–Crippen LogP) is 1.52. The van der Waals surface area contributed by atoms with Gasteiger partial charge in [-0.1, -0.05) is 6.07 Å². The summed E-state index contributed by atoms with van der Waals surface area (Å²) in [6.07, 6.45) is -0.0669. The van der Waals surface area contributed by atoms with Crippen molar-refractivity contribution < 1.29 is 18.7 Å². The fourth-order valence-corrected chi connectivity index (χ4v) is 1.56. The highest BCUT2D eigenvalue weighted by Gasteiger charge is 2.56. The predicted molar refractivity (Wildman–Crippen MR) is 56.0 cm³/mol. The number of pyridine rings is 1. The van der Waals surface area contributed by atoms with Crippen LogP contribution in [0.15, 0.2) is 18.2 Å². The molecule has 1 atom stereocenters. The lowest BCUT2D eigenvalue weighted by atomic mass is 10.3. The molecular weight excluding hydrogens is 230 g/mol. The number of carbonyl (C=O) groups is 1. The molecule has 0 spiro atoms. The van der Waals surface area contributed by atoms with Crippen molar-refractivity contribution in [2.24, 2.45) is 5.92 Å². The van der Waals surface area contributed by atoms with Gasteiger partial charge in [0.15, 0.2) is 0 Å². The van der Waals surface area contributed by atoms with E-state index in [4.69, 9.17) is 5.11 Å². The van der Waals surface area contributed by atoms with E-state index in [1.165, 1.54) is 6.07 Å². The summed E-state index contributed by atoms with van der Waals surface area (Å²) >= 11 is 0. The molecule has 1 aliphatic carbocycles. The average molecular weight is 242 g/mol. The number of hydrogen-bond donors (Lipinski definition) is 2. The minimum absolute atomic E-state index is 0.0407. The minimum atomic E-state index is -2.52. The number of aromatic nitrogens is 1. The standard InChI is InChI=1S/C11H12F2N2O2/c12-11(13)4-7(11)5-14-6-8-2-1-3-9(15-8)10(16)17/h1-3,7,14H,4-6H2,(H,16,17). The molecule has 0 aromatic carbocycles. The molecule has 1 unspecified atom stereocenters. The molecule has 17 heavy (non-hydrogen) atoms. The van der Waals surface area contributed by atoms with Crippen molar-refractivity contribution in [1.29, 1.82) is 0 Å². The van der Waals surface area contributed by atoms with Crippen LogP contribution in [0.1, 0.15) is 22.6 Å². The molecule has 1 heterocycles. The van der Waals surface area contributed by atoms with E-state index in [1.807, 2.05) is 0 Å². The third-order valence-electron chi connectivity index (χ3n) is 2.68. The van der Waals surface area contributed by atoms with Gasteiger partial charge in [0.25, 0.3) is 5.92 Å². The van der Waals surface area contributed by atoms with Crippen LogP contribution in [0.5, 0.6) is 0 Å². The van der Waals surface area contributed by atoms with Crippen LogP contribution in [0.2, 0.25) is 0 Å². The Morgan fingerprint density at radius 3 is 2.88 bits per heavy atom. The van der Waals surface area contributed by atoms with Gasteiger partial charge >= 0.3 is 5.97 Å². The monoisotopic (exact) mass is 242 g/mol. The normalized spacial score (nSPS) is 21.2. The van der Waals surface area contributed by atoms with E-state index in [1.54, 1.807) is 12.1 Å². The first-order valence-electron chi connectivity index (χ1n) is 5.27. The molecule has 92 valence electrons. The van der Waals surface area contributed by atoms with Gasteiger partial charge in [-0.3, -0.25) is 0 Å². The van der Waals surface area contributed by atoms with Crippen LogP contribution in [0.25, 0.3) is 0 Å². The number of halogens is 2. The molecule has 0 bridgehead atoms. The lowest BCUT2D eigenvalue weighted by Crippen LogP contribution is -2.19. The first-order chi connectivity index (χ1) is 7.99. The van der Waals surface area contributed by atoms with Gasteiger partial charge < -0.3 is 10.4 Å². The molecule has 4 nitrogen and oxygen atoms in total. The Hall–Kier alpha value is -1.56. The van der Waals surface area contributed by atoms with E-state index in [9.17, 15) is 13.6 Å². The van der Waals surface area contributed by atoms with Gasteiger partial charge in [0.05, 0.1) is 5.69 Å². The first kappa shape index (κ1) is 11.9. The fourth-order valence-electron chi connectivity index (χ4n) is 1.56. The zero-order chi connectivity index (χ0) is 12.5. The molecule has 1 aliphatic rings. The number of carboxylic acid groups (broad SMARTS) is 1. The van der Waals surface area contributed by atoms with E-state index >= 15 is 0 Å². The quantitative estimate of drug-likeness (QED) is 0.821. The largest absolute Gasteiger partial charge is 0.477 e. The van der Waals surface area contributed by atoms with Crippen LogP contribution >= 0.6 is 0 Å². The van der Waals surface area contributed by atoms with Crippen molar-refractivity contribution in [2.45, 2.75) is 18.9 Å². The van der Waals surface area contributed by atoms with Gasteiger partial charge in [0.2, 0.25) is 0 Å². The van der Waals surface area contributed by atoms with E-state index in [-0.39, 0.29) is 18.7 Å². The van der Waals surface area contributed by atoms with E-state index in [0.29, 0.717) is 12.2 Å². The van der Waals surface area contributed by atoms with Crippen molar-refractivity contribution >= 4 is 5.97 Å². The second-order valence-corrected chi connectivity index (χ2v) is 4.11. The molecule has 1 fully saturated rings. The number of nitrogens with zero attached hydrogens (tertiary/aromatic N) is 1. The van der Waals surface area contributed by atoms with Crippen LogP contribution in [0.4, 0.5) is 8.78 Å². The number of carboxylic acids is 1. The Labute approximate surface area is 96.7 Å². The lowest BCUT2D eigenvalue weighted by Gasteiger charge is -2.04. The maximum Gasteiger partial charge on any atom is 0.354 e. The highest BCUT2D eigenvalue weighted by Crippen LogP contribution is 2.47.